The van der Waals surface area contributed by atoms with Gasteiger partial charge in [-0.05, 0) is 37.1 Å². The van der Waals surface area contributed by atoms with E-state index in [1.54, 1.807) is 12.1 Å². The summed E-state index contributed by atoms with van der Waals surface area (Å²) in [7, 11) is -4.22. The molecule has 0 spiro atoms. The number of aryl methyl sites for hydroxylation is 2. The average molecular weight is 210 g/mol. The molecule has 0 aromatic heterocycles. The summed E-state index contributed by atoms with van der Waals surface area (Å²) < 4.78 is 10.5. The lowest BCUT2D eigenvalue weighted by molar-refractivity contribution is 0.389. The lowest BCUT2D eigenvalue weighted by Gasteiger charge is -1.97. The van der Waals surface area contributed by atoms with E-state index in [0.717, 1.165) is 11.1 Å². The van der Waals surface area contributed by atoms with Crippen molar-refractivity contribution in [3.63, 3.8) is 0 Å². The van der Waals surface area contributed by atoms with Crippen molar-refractivity contribution in [3.8, 4) is 11.6 Å². The summed E-state index contributed by atoms with van der Waals surface area (Å²) in [6.45, 7) is 3.82. The molecule has 0 saturated carbocycles. The summed E-state index contributed by atoms with van der Waals surface area (Å²) in [5.41, 5.74) is 4.60. The molecule has 1 aromatic rings. The van der Waals surface area contributed by atoms with Gasteiger partial charge in [0.1, 0.15) is 0 Å². The SMILES string of the molecule is Cc1cc(C)cc(C#CP(=O)(O)O)c1. The largest absolute Gasteiger partial charge is 0.400 e. The molecule has 0 atom stereocenters. The Morgan fingerprint density at radius 2 is 1.64 bits per heavy atom. The van der Waals surface area contributed by atoms with E-state index in [2.05, 4.69) is 5.92 Å². The van der Waals surface area contributed by atoms with Gasteiger partial charge < -0.3 is 9.79 Å². The molecule has 0 heterocycles. The molecule has 0 saturated heterocycles. The van der Waals surface area contributed by atoms with Gasteiger partial charge in [-0.15, -0.1) is 0 Å². The normalized spacial score (nSPS) is 10.6. The van der Waals surface area contributed by atoms with Crippen LogP contribution in [0.15, 0.2) is 18.2 Å². The highest BCUT2D eigenvalue weighted by molar-refractivity contribution is 7.57. The summed E-state index contributed by atoms with van der Waals surface area (Å²) >= 11 is 0. The van der Waals surface area contributed by atoms with Gasteiger partial charge in [-0.2, -0.15) is 0 Å². The van der Waals surface area contributed by atoms with Gasteiger partial charge in [0.2, 0.25) is 0 Å². The van der Waals surface area contributed by atoms with Crippen molar-refractivity contribution >= 4 is 7.60 Å². The topological polar surface area (TPSA) is 57.5 Å². The third kappa shape index (κ3) is 3.76. The van der Waals surface area contributed by atoms with Crippen LogP contribution in [-0.2, 0) is 4.57 Å². The van der Waals surface area contributed by atoms with E-state index in [1.807, 2.05) is 25.6 Å². The van der Waals surface area contributed by atoms with Gasteiger partial charge in [0.05, 0.1) is 0 Å². The molecule has 0 aliphatic heterocycles. The summed E-state index contributed by atoms with van der Waals surface area (Å²) in [5.74, 6) is 2.45. The standard InChI is InChI=1S/C10H11O3P/c1-8-5-9(2)7-10(6-8)3-4-14(11,12)13/h5-7H,1-2H3,(H2,11,12,13). The number of rotatable bonds is 0. The van der Waals surface area contributed by atoms with Crippen LogP contribution in [-0.4, -0.2) is 9.79 Å². The molecular formula is C10H11O3P. The molecule has 0 aliphatic carbocycles. The molecule has 1 aromatic carbocycles. The van der Waals surface area contributed by atoms with Gasteiger partial charge >= 0.3 is 7.60 Å². The second-order valence-electron chi connectivity index (χ2n) is 3.16. The lowest BCUT2D eigenvalue weighted by Crippen LogP contribution is -1.81. The van der Waals surface area contributed by atoms with Crippen molar-refractivity contribution < 1.29 is 14.4 Å². The Hall–Kier alpha value is -1.07. The fourth-order valence-electron chi connectivity index (χ4n) is 1.18. The zero-order valence-electron chi connectivity index (χ0n) is 7.98. The van der Waals surface area contributed by atoms with Crippen LogP contribution in [0.4, 0.5) is 0 Å². The zero-order chi connectivity index (χ0) is 10.8. The highest BCUT2D eigenvalue weighted by atomic mass is 31.2. The minimum Gasteiger partial charge on any atom is -0.315 e. The van der Waals surface area contributed by atoms with Crippen LogP contribution in [0, 0.1) is 25.4 Å². The van der Waals surface area contributed by atoms with Crippen LogP contribution in [0.25, 0.3) is 0 Å². The summed E-state index contributed by atoms with van der Waals surface area (Å²) in [6, 6.07) is 5.55. The van der Waals surface area contributed by atoms with Gasteiger partial charge in [0.25, 0.3) is 0 Å². The Balaban J connectivity index is 3.08. The number of benzene rings is 1. The van der Waals surface area contributed by atoms with E-state index < -0.39 is 7.60 Å². The molecule has 0 fully saturated rings. The minimum atomic E-state index is -4.22. The fourth-order valence-corrected chi connectivity index (χ4v) is 1.46. The first-order valence-corrected chi connectivity index (χ1v) is 5.65. The molecule has 0 bridgehead atoms. The molecule has 1 rings (SSSR count). The number of hydrogen-bond donors (Lipinski definition) is 2. The van der Waals surface area contributed by atoms with Crippen LogP contribution < -0.4 is 0 Å². The second kappa shape index (κ2) is 3.98. The van der Waals surface area contributed by atoms with Crippen molar-refractivity contribution in [2.75, 3.05) is 0 Å². The maximum Gasteiger partial charge on any atom is 0.400 e. The highest BCUT2D eigenvalue weighted by Crippen LogP contribution is 2.32. The van der Waals surface area contributed by atoms with Gasteiger partial charge in [-0.1, -0.05) is 12.0 Å². The van der Waals surface area contributed by atoms with Crippen LogP contribution >= 0.6 is 7.60 Å². The van der Waals surface area contributed by atoms with Crippen LogP contribution in [0.5, 0.6) is 0 Å². The van der Waals surface area contributed by atoms with Crippen molar-refractivity contribution in [2.45, 2.75) is 13.8 Å². The van der Waals surface area contributed by atoms with E-state index in [4.69, 9.17) is 9.79 Å². The van der Waals surface area contributed by atoms with E-state index in [1.165, 1.54) is 0 Å². The molecule has 74 valence electrons. The van der Waals surface area contributed by atoms with Gasteiger partial charge in [0, 0.05) is 11.2 Å². The predicted molar refractivity (Wildman–Crippen MR) is 54.8 cm³/mol. The molecule has 0 amide bonds. The summed E-state index contributed by atoms with van der Waals surface area (Å²) in [5, 5.41) is 0. The Bertz CT molecular complexity index is 428. The van der Waals surface area contributed by atoms with Crippen molar-refractivity contribution in [1.82, 2.24) is 0 Å². The molecule has 0 aliphatic rings. The molecule has 3 nitrogen and oxygen atoms in total. The number of hydrogen-bond acceptors (Lipinski definition) is 1. The molecule has 0 unspecified atom stereocenters. The quantitative estimate of drug-likeness (QED) is 0.507. The Kier molecular flexibility index (Phi) is 3.13. The fraction of sp³-hybridized carbons (Fsp3) is 0.200. The lowest BCUT2D eigenvalue weighted by atomic mass is 10.1. The first-order chi connectivity index (χ1) is 6.37. The van der Waals surface area contributed by atoms with Crippen molar-refractivity contribution in [2.24, 2.45) is 0 Å². The Morgan fingerprint density at radius 1 is 1.14 bits per heavy atom. The molecular weight excluding hydrogens is 199 g/mol. The van der Waals surface area contributed by atoms with Gasteiger partial charge in [-0.25, -0.2) is 4.57 Å². The molecule has 14 heavy (non-hydrogen) atoms. The maximum absolute atomic E-state index is 10.5. The van der Waals surface area contributed by atoms with E-state index in [9.17, 15) is 4.57 Å². The first kappa shape index (κ1) is 11.0. The maximum atomic E-state index is 10.5. The van der Waals surface area contributed by atoms with Crippen molar-refractivity contribution in [3.05, 3.63) is 34.9 Å². The van der Waals surface area contributed by atoms with E-state index in [-0.39, 0.29) is 0 Å². The third-order valence-corrected chi connectivity index (χ3v) is 1.97. The smallest absolute Gasteiger partial charge is 0.315 e. The average Bonchev–Trinajstić information content (AvgIpc) is 1.97. The Labute approximate surface area is 82.9 Å². The predicted octanol–water partition coefficient (Wildman–Crippen LogP) is 1.79. The first-order valence-electron chi connectivity index (χ1n) is 4.04. The zero-order valence-corrected chi connectivity index (χ0v) is 8.88. The second-order valence-corrected chi connectivity index (χ2v) is 4.47. The summed E-state index contributed by atoms with van der Waals surface area (Å²) in [6.07, 6.45) is 0. The van der Waals surface area contributed by atoms with Crippen LogP contribution in [0.1, 0.15) is 16.7 Å². The monoisotopic (exact) mass is 210 g/mol. The van der Waals surface area contributed by atoms with Gasteiger partial charge in [0.15, 0.2) is 0 Å². The van der Waals surface area contributed by atoms with E-state index in [0.29, 0.717) is 5.56 Å². The highest BCUT2D eigenvalue weighted by Gasteiger charge is 2.05. The van der Waals surface area contributed by atoms with E-state index >= 15 is 0 Å². The molecule has 0 radical (unpaired) electrons. The van der Waals surface area contributed by atoms with Gasteiger partial charge in [-0.3, -0.25) is 0 Å². The third-order valence-electron chi connectivity index (χ3n) is 1.57. The van der Waals surface area contributed by atoms with Crippen molar-refractivity contribution in [1.29, 1.82) is 0 Å². The minimum absolute atomic E-state index is 0.630. The molecule has 2 N–H and O–H groups in total. The molecule has 4 heteroatoms. The summed E-state index contributed by atoms with van der Waals surface area (Å²) in [4.78, 5) is 17.1. The van der Waals surface area contributed by atoms with Crippen LogP contribution in [0.3, 0.4) is 0 Å². The van der Waals surface area contributed by atoms with Crippen LogP contribution in [0.2, 0.25) is 0 Å². The Morgan fingerprint density at radius 3 is 2.07 bits per heavy atom.